The summed E-state index contributed by atoms with van der Waals surface area (Å²) in [5, 5.41) is 0. The molecule has 4 heteroatoms. The number of carbonyl (C=O) groups excluding carboxylic acids is 1. The molecule has 0 bridgehead atoms. The van der Waals surface area contributed by atoms with Gasteiger partial charge in [0.1, 0.15) is 5.60 Å². The fraction of sp³-hybridized carbons (Fsp3) is 0.800. The van der Waals surface area contributed by atoms with Gasteiger partial charge in [0.05, 0.1) is 0 Å². The molecule has 1 rings (SSSR count). The maximum absolute atomic E-state index is 11.5. The molecule has 1 fully saturated rings. The minimum Gasteiger partial charge on any atom is -0.444 e. The average Bonchev–Trinajstić information content (AvgIpc) is 2.31. The molecule has 82 valence electrons. The number of likely N-dealkylation sites (tertiary alicyclic amines) is 1. The smallest absolute Gasteiger partial charge is 0.410 e. The zero-order valence-electron chi connectivity index (χ0n) is 9.08. The largest absolute Gasteiger partial charge is 0.444 e. The van der Waals surface area contributed by atoms with Gasteiger partial charge in [-0.25, -0.2) is 4.79 Å². The van der Waals surface area contributed by atoms with Crippen LogP contribution in [-0.4, -0.2) is 29.7 Å². The van der Waals surface area contributed by atoms with Crippen molar-refractivity contribution in [1.29, 1.82) is 0 Å². The van der Waals surface area contributed by atoms with E-state index in [-0.39, 0.29) is 27.2 Å². The minimum atomic E-state index is -0.393. The Morgan fingerprint density at radius 1 is 1.50 bits per heavy atom. The van der Waals surface area contributed by atoms with E-state index in [1.165, 1.54) is 0 Å². The van der Waals surface area contributed by atoms with Gasteiger partial charge in [-0.1, -0.05) is 6.42 Å². The third-order valence-electron chi connectivity index (χ3n) is 1.94. The first-order valence-corrected chi connectivity index (χ1v) is 4.69. The van der Waals surface area contributed by atoms with E-state index in [4.69, 9.17) is 4.74 Å². The molecule has 14 heavy (non-hydrogen) atoms. The normalized spacial score (nSPS) is 21.7. The molecule has 0 spiro atoms. The third kappa shape index (κ3) is 4.45. The molecule has 0 saturated carbocycles. The van der Waals surface area contributed by atoms with Gasteiger partial charge in [0.15, 0.2) is 0 Å². The second kappa shape index (κ2) is 5.16. The Hall–Kier alpha value is -0.0417. The minimum absolute atomic E-state index is 0. The molecule has 0 aromatic carbocycles. The van der Waals surface area contributed by atoms with Crippen LogP contribution in [-0.2, 0) is 25.8 Å². The number of ether oxygens (including phenoxy) is 1. The van der Waals surface area contributed by atoms with Crippen molar-refractivity contribution >= 4 is 6.09 Å². The average molecular weight is 368 g/mol. The van der Waals surface area contributed by atoms with Gasteiger partial charge in [-0.15, -0.1) is 5.92 Å². The standard InChI is InChI=1S/C10H18NO2.W/c1-8-5-6-11(7-8)9(12)13-10(2,3)4;/h8H,1,5-7H2,2-4H3;/q-1;. The van der Waals surface area contributed by atoms with Crippen molar-refractivity contribution in [2.45, 2.75) is 32.8 Å². The van der Waals surface area contributed by atoms with Gasteiger partial charge in [0, 0.05) is 27.6 Å². The quantitative estimate of drug-likeness (QED) is 0.613. The number of nitrogens with zero attached hydrogens (tertiary/aromatic N) is 1. The predicted octanol–water partition coefficient (Wildman–Crippen LogP) is 2.07. The summed E-state index contributed by atoms with van der Waals surface area (Å²) in [6.45, 7) is 11.1. The Labute approximate surface area is 100 Å². The van der Waals surface area contributed by atoms with Gasteiger partial charge in [0.25, 0.3) is 0 Å². The Bertz CT molecular complexity index is 201. The molecule has 3 nitrogen and oxygen atoms in total. The summed E-state index contributed by atoms with van der Waals surface area (Å²) in [5.41, 5.74) is -0.393. The van der Waals surface area contributed by atoms with Crippen LogP contribution in [0.25, 0.3) is 0 Å². The fourth-order valence-electron chi connectivity index (χ4n) is 1.32. The second-order valence-electron chi connectivity index (χ2n) is 4.58. The van der Waals surface area contributed by atoms with E-state index in [1.807, 2.05) is 20.8 Å². The van der Waals surface area contributed by atoms with Crippen LogP contribution in [0.4, 0.5) is 4.79 Å². The van der Waals surface area contributed by atoms with E-state index in [0.29, 0.717) is 5.92 Å². The van der Waals surface area contributed by atoms with Crippen LogP contribution in [0.2, 0.25) is 0 Å². The van der Waals surface area contributed by atoms with Crippen LogP contribution in [0.3, 0.4) is 0 Å². The van der Waals surface area contributed by atoms with E-state index in [0.717, 1.165) is 19.5 Å². The van der Waals surface area contributed by atoms with Gasteiger partial charge in [-0.3, -0.25) is 0 Å². The molecule has 1 saturated heterocycles. The van der Waals surface area contributed by atoms with Crippen LogP contribution < -0.4 is 0 Å². The SMILES string of the molecule is [CH2-]C1CCN(C(=O)OC(C)(C)C)C1.[W]. The molecule has 1 amide bonds. The zero-order chi connectivity index (χ0) is 10.1. The molecule has 1 heterocycles. The topological polar surface area (TPSA) is 29.5 Å². The molecule has 0 aromatic heterocycles. The molecule has 1 atom stereocenters. The maximum Gasteiger partial charge on any atom is 0.410 e. The van der Waals surface area contributed by atoms with Crippen LogP contribution in [0.15, 0.2) is 0 Å². The van der Waals surface area contributed by atoms with Crippen molar-refractivity contribution in [3.63, 3.8) is 0 Å². The molecular weight excluding hydrogens is 350 g/mol. The van der Waals surface area contributed by atoms with Crippen molar-refractivity contribution in [3.8, 4) is 0 Å². The number of hydrogen-bond acceptors (Lipinski definition) is 2. The zero-order valence-corrected chi connectivity index (χ0v) is 12.0. The van der Waals surface area contributed by atoms with Gasteiger partial charge in [-0.05, 0) is 27.3 Å². The molecule has 1 aliphatic rings. The van der Waals surface area contributed by atoms with Crippen LogP contribution in [0, 0.1) is 12.8 Å². The number of rotatable bonds is 0. The Morgan fingerprint density at radius 2 is 2.07 bits per heavy atom. The first-order chi connectivity index (χ1) is 5.88. The van der Waals surface area contributed by atoms with Crippen LogP contribution in [0.1, 0.15) is 27.2 Å². The van der Waals surface area contributed by atoms with E-state index in [9.17, 15) is 4.79 Å². The molecule has 0 aliphatic carbocycles. The van der Waals surface area contributed by atoms with Gasteiger partial charge >= 0.3 is 6.09 Å². The van der Waals surface area contributed by atoms with Crippen molar-refractivity contribution in [1.82, 2.24) is 4.90 Å². The van der Waals surface area contributed by atoms with E-state index in [1.54, 1.807) is 4.90 Å². The van der Waals surface area contributed by atoms with E-state index < -0.39 is 5.60 Å². The maximum atomic E-state index is 11.5. The molecule has 0 N–H and O–H groups in total. The Balaban J connectivity index is 0.00000169. The second-order valence-corrected chi connectivity index (χ2v) is 4.58. The molecular formula is C10H18NO2W-. The summed E-state index contributed by atoms with van der Waals surface area (Å²) in [4.78, 5) is 13.2. The first kappa shape index (κ1) is 14.0. The van der Waals surface area contributed by atoms with Crippen molar-refractivity contribution < 1.29 is 30.6 Å². The van der Waals surface area contributed by atoms with Crippen molar-refractivity contribution in [2.75, 3.05) is 13.1 Å². The Morgan fingerprint density at radius 3 is 2.43 bits per heavy atom. The monoisotopic (exact) mass is 368 g/mol. The fourth-order valence-corrected chi connectivity index (χ4v) is 1.32. The predicted molar refractivity (Wildman–Crippen MR) is 51.3 cm³/mol. The molecule has 1 unspecified atom stereocenters. The van der Waals surface area contributed by atoms with Gasteiger partial charge in [0.2, 0.25) is 0 Å². The summed E-state index contributed by atoms with van der Waals surface area (Å²) in [6, 6.07) is 0. The number of amides is 1. The summed E-state index contributed by atoms with van der Waals surface area (Å²) in [6.07, 6.45) is 0.776. The summed E-state index contributed by atoms with van der Waals surface area (Å²) < 4.78 is 5.23. The van der Waals surface area contributed by atoms with Crippen LogP contribution >= 0.6 is 0 Å². The van der Waals surface area contributed by atoms with E-state index >= 15 is 0 Å². The first-order valence-electron chi connectivity index (χ1n) is 4.69. The van der Waals surface area contributed by atoms with Crippen LogP contribution in [0.5, 0.6) is 0 Å². The summed E-state index contributed by atoms with van der Waals surface area (Å²) in [7, 11) is 0. The Kier molecular flexibility index (Phi) is 5.14. The third-order valence-corrected chi connectivity index (χ3v) is 1.94. The summed E-state index contributed by atoms with van der Waals surface area (Å²) >= 11 is 0. The van der Waals surface area contributed by atoms with Gasteiger partial charge < -0.3 is 16.6 Å². The van der Waals surface area contributed by atoms with Crippen molar-refractivity contribution in [2.24, 2.45) is 5.92 Å². The molecule has 0 radical (unpaired) electrons. The van der Waals surface area contributed by atoms with Gasteiger partial charge in [-0.2, -0.15) is 0 Å². The van der Waals surface area contributed by atoms with Crippen molar-refractivity contribution in [3.05, 3.63) is 6.92 Å². The number of hydrogen-bond donors (Lipinski definition) is 0. The van der Waals surface area contributed by atoms with E-state index in [2.05, 4.69) is 6.92 Å². The summed E-state index contributed by atoms with van der Waals surface area (Å²) in [5.74, 6) is 0.368. The molecule has 0 aromatic rings. The molecule has 1 aliphatic heterocycles. The number of carbonyl (C=O) groups is 1.